The summed E-state index contributed by atoms with van der Waals surface area (Å²) >= 11 is 0. The summed E-state index contributed by atoms with van der Waals surface area (Å²) in [6.07, 6.45) is 10.6. The summed E-state index contributed by atoms with van der Waals surface area (Å²) in [5, 5.41) is 3.08. The predicted octanol–water partition coefficient (Wildman–Crippen LogP) is 1.29. The average molecular weight is 250 g/mol. The Balaban J connectivity index is 1.89. The van der Waals surface area contributed by atoms with Crippen LogP contribution in [0, 0.1) is 0 Å². The zero-order valence-electron chi connectivity index (χ0n) is 10.8. The van der Waals surface area contributed by atoms with Crippen molar-refractivity contribution in [3.8, 4) is 0 Å². The van der Waals surface area contributed by atoms with E-state index in [2.05, 4.69) is 10.3 Å². The van der Waals surface area contributed by atoms with E-state index in [0.717, 1.165) is 12.8 Å². The van der Waals surface area contributed by atoms with Gasteiger partial charge >= 0.3 is 0 Å². The second kappa shape index (κ2) is 6.54. The molecule has 1 aromatic rings. The van der Waals surface area contributed by atoms with Gasteiger partial charge in [0.05, 0.1) is 6.33 Å². The monoisotopic (exact) mass is 250 g/mol. The molecule has 0 aromatic carbocycles. The molecule has 1 aliphatic rings. The third-order valence-corrected chi connectivity index (χ3v) is 3.44. The Bertz CT molecular complexity index is 380. The second-order valence-corrected chi connectivity index (χ2v) is 4.95. The van der Waals surface area contributed by atoms with Crippen molar-refractivity contribution in [1.82, 2.24) is 14.9 Å². The van der Waals surface area contributed by atoms with Gasteiger partial charge < -0.3 is 15.6 Å². The molecule has 5 heteroatoms. The molecular formula is C13H22N4O. The number of nitrogens with two attached hydrogens (primary N) is 1. The minimum Gasteiger partial charge on any atom is -0.348 e. The molecule has 3 N–H and O–H groups in total. The Morgan fingerprint density at radius 1 is 1.39 bits per heavy atom. The molecular weight excluding hydrogens is 228 g/mol. The van der Waals surface area contributed by atoms with Gasteiger partial charge in [0.25, 0.3) is 5.91 Å². The molecule has 0 bridgehead atoms. The lowest BCUT2D eigenvalue weighted by Crippen LogP contribution is -2.34. The Morgan fingerprint density at radius 3 is 2.78 bits per heavy atom. The summed E-state index contributed by atoms with van der Waals surface area (Å²) in [5.41, 5.74) is 5.96. The molecule has 0 spiro atoms. The van der Waals surface area contributed by atoms with Gasteiger partial charge in [0.2, 0.25) is 0 Å². The number of nitrogens with zero attached hydrogens (tertiary/aromatic N) is 2. The van der Waals surface area contributed by atoms with Crippen LogP contribution >= 0.6 is 0 Å². The van der Waals surface area contributed by atoms with E-state index in [0.29, 0.717) is 24.8 Å². The van der Waals surface area contributed by atoms with Crippen molar-refractivity contribution in [1.29, 1.82) is 0 Å². The number of hydrogen-bond acceptors (Lipinski definition) is 3. The van der Waals surface area contributed by atoms with Crippen LogP contribution in [0.25, 0.3) is 0 Å². The Kier molecular flexibility index (Phi) is 4.75. The molecule has 1 saturated carbocycles. The number of nitrogens with one attached hydrogen (secondary N) is 1. The van der Waals surface area contributed by atoms with Crippen LogP contribution in [0.15, 0.2) is 12.5 Å². The average Bonchev–Trinajstić information content (AvgIpc) is 2.67. The van der Waals surface area contributed by atoms with Gasteiger partial charge in [0, 0.05) is 25.3 Å². The van der Waals surface area contributed by atoms with Crippen molar-refractivity contribution < 1.29 is 4.79 Å². The molecule has 0 aliphatic heterocycles. The van der Waals surface area contributed by atoms with E-state index in [1.165, 1.54) is 25.7 Å². The molecule has 5 nitrogen and oxygen atoms in total. The molecule has 2 rings (SSSR count). The highest BCUT2D eigenvalue weighted by Crippen LogP contribution is 2.17. The smallest absolute Gasteiger partial charge is 0.271 e. The fourth-order valence-corrected chi connectivity index (χ4v) is 2.43. The third kappa shape index (κ3) is 3.57. The molecule has 1 amide bonds. The molecule has 0 atom stereocenters. The van der Waals surface area contributed by atoms with E-state index in [9.17, 15) is 4.79 Å². The zero-order valence-corrected chi connectivity index (χ0v) is 10.8. The number of hydrogen-bond donors (Lipinski definition) is 2. The first-order chi connectivity index (χ1) is 8.79. The predicted molar refractivity (Wildman–Crippen MR) is 70.2 cm³/mol. The van der Waals surface area contributed by atoms with Crippen LogP contribution in [0.1, 0.15) is 49.0 Å². The van der Waals surface area contributed by atoms with Crippen molar-refractivity contribution in [3.05, 3.63) is 18.2 Å². The van der Waals surface area contributed by atoms with Gasteiger partial charge in [-0.2, -0.15) is 0 Å². The van der Waals surface area contributed by atoms with Crippen LogP contribution in [0.4, 0.5) is 0 Å². The summed E-state index contributed by atoms with van der Waals surface area (Å²) in [6.45, 7) is 1.25. The van der Waals surface area contributed by atoms with Gasteiger partial charge in [-0.05, 0) is 12.8 Å². The molecule has 1 heterocycles. The highest BCUT2D eigenvalue weighted by atomic mass is 16.2. The van der Waals surface area contributed by atoms with Crippen molar-refractivity contribution in [2.24, 2.45) is 5.73 Å². The molecule has 1 fully saturated rings. The van der Waals surface area contributed by atoms with Crippen LogP contribution in [0.2, 0.25) is 0 Å². The van der Waals surface area contributed by atoms with Crippen molar-refractivity contribution in [2.75, 3.05) is 6.54 Å². The summed E-state index contributed by atoms with van der Waals surface area (Å²) in [4.78, 5) is 16.1. The fourth-order valence-electron chi connectivity index (χ4n) is 2.43. The van der Waals surface area contributed by atoms with Crippen LogP contribution in [-0.2, 0) is 6.54 Å². The quantitative estimate of drug-likeness (QED) is 0.791. The summed E-state index contributed by atoms with van der Waals surface area (Å²) in [6, 6.07) is 0.319. The first kappa shape index (κ1) is 13.1. The van der Waals surface area contributed by atoms with Gasteiger partial charge in [-0.3, -0.25) is 4.79 Å². The highest BCUT2D eigenvalue weighted by molar-refractivity contribution is 5.92. The van der Waals surface area contributed by atoms with E-state index in [4.69, 9.17) is 5.73 Å². The number of carbonyl (C=O) groups is 1. The molecule has 1 aromatic heterocycles. The lowest BCUT2D eigenvalue weighted by atomic mass is 10.1. The Morgan fingerprint density at radius 2 is 2.11 bits per heavy atom. The minimum atomic E-state index is -0.0577. The van der Waals surface area contributed by atoms with Crippen molar-refractivity contribution in [3.63, 3.8) is 0 Å². The number of imidazole rings is 1. The standard InChI is InChI=1S/C13H22N4O/c14-7-8-17-9-12(15-10-17)13(18)16-11-5-3-1-2-4-6-11/h9-11H,1-8,14H2,(H,16,18). The van der Waals surface area contributed by atoms with Crippen LogP contribution in [0.5, 0.6) is 0 Å². The molecule has 0 unspecified atom stereocenters. The SMILES string of the molecule is NCCn1cnc(C(=O)NC2CCCCCC2)c1. The van der Waals surface area contributed by atoms with E-state index < -0.39 is 0 Å². The van der Waals surface area contributed by atoms with Gasteiger partial charge in [-0.15, -0.1) is 0 Å². The highest BCUT2D eigenvalue weighted by Gasteiger charge is 2.17. The number of rotatable bonds is 4. The maximum absolute atomic E-state index is 12.0. The summed E-state index contributed by atoms with van der Waals surface area (Å²) < 4.78 is 1.85. The van der Waals surface area contributed by atoms with Gasteiger partial charge in [-0.25, -0.2) is 4.98 Å². The van der Waals surface area contributed by atoms with Crippen LogP contribution in [0.3, 0.4) is 0 Å². The van der Waals surface area contributed by atoms with Crippen LogP contribution < -0.4 is 11.1 Å². The first-order valence-corrected chi connectivity index (χ1v) is 6.82. The Labute approximate surface area is 108 Å². The number of aromatic nitrogens is 2. The second-order valence-electron chi connectivity index (χ2n) is 4.95. The van der Waals surface area contributed by atoms with Gasteiger partial charge in [0.1, 0.15) is 5.69 Å². The van der Waals surface area contributed by atoms with E-state index in [-0.39, 0.29) is 5.91 Å². The van der Waals surface area contributed by atoms with E-state index >= 15 is 0 Å². The maximum Gasteiger partial charge on any atom is 0.271 e. The van der Waals surface area contributed by atoms with E-state index in [1.54, 1.807) is 12.5 Å². The minimum absolute atomic E-state index is 0.0577. The molecule has 100 valence electrons. The van der Waals surface area contributed by atoms with Crippen LogP contribution in [-0.4, -0.2) is 28.0 Å². The summed E-state index contributed by atoms with van der Waals surface area (Å²) in [5.74, 6) is -0.0577. The summed E-state index contributed by atoms with van der Waals surface area (Å²) in [7, 11) is 0. The van der Waals surface area contributed by atoms with Gasteiger partial charge in [0.15, 0.2) is 0 Å². The van der Waals surface area contributed by atoms with Crippen molar-refractivity contribution in [2.45, 2.75) is 51.1 Å². The molecule has 0 saturated heterocycles. The zero-order chi connectivity index (χ0) is 12.8. The first-order valence-electron chi connectivity index (χ1n) is 6.82. The van der Waals surface area contributed by atoms with Gasteiger partial charge in [-0.1, -0.05) is 25.7 Å². The lowest BCUT2D eigenvalue weighted by molar-refractivity contribution is 0.0928. The number of amides is 1. The topological polar surface area (TPSA) is 72.9 Å². The molecule has 18 heavy (non-hydrogen) atoms. The number of carbonyl (C=O) groups excluding carboxylic acids is 1. The fraction of sp³-hybridized carbons (Fsp3) is 0.692. The Hall–Kier alpha value is -1.36. The lowest BCUT2D eigenvalue weighted by Gasteiger charge is -2.15. The van der Waals surface area contributed by atoms with E-state index in [1.807, 2.05) is 4.57 Å². The largest absolute Gasteiger partial charge is 0.348 e. The molecule has 1 aliphatic carbocycles. The van der Waals surface area contributed by atoms with Crippen molar-refractivity contribution >= 4 is 5.91 Å². The molecule has 0 radical (unpaired) electrons. The third-order valence-electron chi connectivity index (χ3n) is 3.44. The normalized spacial score (nSPS) is 17.4. The maximum atomic E-state index is 12.0.